The van der Waals surface area contributed by atoms with Crippen LogP contribution in [0.1, 0.15) is 64.2 Å². The number of aliphatic hydroxyl groups is 1. The first kappa shape index (κ1) is 14.8. The number of carbonyl (C=O) groups excluding carboxylic acids is 1. The second-order valence-electron chi connectivity index (χ2n) is 6.48. The first-order chi connectivity index (χ1) is 9.29. The molecular weight excluding hydrogens is 238 g/mol. The number of nitrogens with one attached hydrogen (secondary N) is 1. The quantitative estimate of drug-likeness (QED) is 0.777. The first-order valence-electron chi connectivity index (χ1n) is 8.17. The highest BCUT2D eigenvalue weighted by atomic mass is 16.3. The largest absolute Gasteiger partial charge is 0.396 e. The summed E-state index contributed by atoms with van der Waals surface area (Å²) >= 11 is 0. The van der Waals surface area contributed by atoms with Gasteiger partial charge in [0.2, 0.25) is 5.91 Å². The standard InChI is InChI=1S/C16H29NO2/c18-12-15-8-4-3-7-14(15)11-17-16(19)10-9-13-5-1-2-6-13/h13-15,18H,1-12H2,(H,17,19). The van der Waals surface area contributed by atoms with E-state index in [1.165, 1.54) is 38.5 Å². The normalized spacial score (nSPS) is 28.5. The molecule has 19 heavy (non-hydrogen) atoms. The van der Waals surface area contributed by atoms with E-state index >= 15 is 0 Å². The maximum atomic E-state index is 11.9. The van der Waals surface area contributed by atoms with Crippen LogP contribution in [0.25, 0.3) is 0 Å². The van der Waals surface area contributed by atoms with Gasteiger partial charge in [-0.2, -0.15) is 0 Å². The topological polar surface area (TPSA) is 49.3 Å². The Morgan fingerprint density at radius 3 is 2.32 bits per heavy atom. The van der Waals surface area contributed by atoms with E-state index in [9.17, 15) is 9.90 Å². The summed E-state index contributed by atoms with van der Waals surface area (Å²) in [6.45, 7) is 1.05. The fraction of sp³-hybridized carbons (Fsp3) is 0.938. The molecule has 0 aromatic heterocycles. The molecule has 2 N–H and O–H groups in total. The molecule has 3 heteroatoms. The number of hydrogen-bond acceptors (Lipinski definition) is 2. The first-order valence-corrected chi connectivity index (χ1v) is 8.17. The van der Waals surface area contributed by atoms with Gasteiger partial charge < -0.3 is 10.4 Å². The maximum Gasteiger partial charge on any atom is 0.220 e. The van der Waals surface area contributed by atoms with Crippen molar-refractivity contribution in [3.05, 3.63) is 0 Å². The highest BCUT2D eigenvalue weighted by Crippen LogP contribution is 2.30. The monoisotopic (exact) mass is 267 g/mol. The van der Waals surface area contributed by atoms with Gasteiger partial charge in [0.05, 0.1) is 0 Å². The molecule has 0 saturated heterocycles. The van der Waals surface area contributed by atoms with E-state index in [4.69, 9.17) is 0 Å². The summed E-state index contributed by atoms with van der Waals surface area (Å²) in [6.07, 6.45) is 11.9. The summed E-state index contributed by atoms with van der Waals surface area (Å²) in [5, 5.41) is 12.5. The van der Waals surface area contributed by atoms with Gasteiger partial charge in [-0.15, -0.1) is 0 Å². The molecule has 0 spiro atoms. The highest BCUT2D eigenvalue weighted by molar-refractivity contribution is 5.75. The molecule has 2 saturated carbocycles. The van der Waals surface area contributed by atoms with Gasteiger partial charge in [-0.05, 0) is 37.0 Å². The van der Waals surface area contributed by atoms with Crippen LogP contribution in [0.4, 0.5) is 0 Å². The van der Waals surface area contributed by atoms with Gasteiger partial charge in [0.15, 0.2) is 0 Å². The molecule has 0 radical (unpaired) electrons. The van der Waals surface area contributed by atoms with Gasteiger partial charge in [0, 0.05) is 19.6 Å². The summed E-state index contributed by atoms with van der Waals surface area (Å²) in [6, 6.07) is 0. The lowest BCUT2D eigenvalue weighted by molar-refractivity contribution is -0.121. The average molecular weight is 267 g/mol. The molecule has 2 aliphatic carbocycles. The number of amides is 1. The van der Waals surface area contributed by atoms with E-state index in [0.717, 1.165) is 31.7 Å². The lowest BCUT2D eigenvalue weighted by Crippen LogP contribution is -2.35. The van der Waals surface area contributed by atoms with Gasteiger partial charge in [0.1, 0.15) is 0 Å². The van der Waals surface area contributed by atoms with Crippen molar-refractivity contribution in [1.82, 2.24) is 5.32 Å². The number of rotatable bonds is 6. The molecule has 2 rings (SSSR count). The van der Waals surface area contributed by atoms with E-state index in [-0.39, 0.29) is 12.5 Å². The molecule has 2 unspecified atom stereocenters. The van der Waals surface area contributed by atoms with Crippen LogP contribution in [0.3, 0.4) is 0 Å². The van der Waals surface area contributed by atoms with Gasteiger partial charge in [0.25, 0.3) is 0 Å². The van der Waals surface area contributed by atoms with Gasteiger partial charge in [-0.1, -0.05) is 38.5 Å². The maximum absolute atomic E-state index is 11.9. The van der Waals surface area contributed by atoms with E-state index < -0.39 is 0 Å². The minimum Gasteiger partial charge on any atom is -0.396 e. The van der Waals surface area contributed by atoms with Crippen molar-refractivity contribution in [2.24, 2.45) is 17.8 Å². The van der Waals surface area contributed by atoms with Gasteiger partial charge >= 0.3 is 0 Å². The molecule has 2 fully saturated rings. The molecular formula is C16H29NO2. The van der Waals surface area contributed by atoms with Gasteiger partial charge in [-0.3, -0.25) is 4.79 Å². The SMILES string of the molecule is O=C(CCC1CCCC1)NCC1CCCCC1CO. The second kappa shape index (κ2) is 7.88. The van der Waals surface area contributed by atoms with Crippen molar-refractivity contribution in [2.75, 3.05) is 13.2 Å². The van der Waals surface area contributed by atoms with Crippen LogP contribution < -0.4 is 5.32 Å². The van der Waals surface area contributed by atoms with E-state index in [0.29, 0.717) is 18.3 Å². The van der Waals surface area contributed by atoms with Crippen molar-refractivity contribution in [1.29, 1.82) is 0 Å². The van der Waals surface area contributed by atoms with Crippen LogP contribution in [0, 0.1) is 17.8 Å². The lowest BCUT2D eigenvalue weighted by atomic mass is 9.79. The fourth-order valence-electron chi connectivity index (χ4n) is 3.76. The molecule has 0 bridgehead atoms. The number of carbonyl (C=O) groups is 1. The molecule has 0 heterocycles. The summed E-state index contributed by atoms with van der Waals surface area (Å²) in [5.41, 5.74) is 0. The Labute approximate surface area is 117 Å². The zero-order valence-corrected chi connectivity index (χ0v) is 12.1. The number of aliphatic hydroxyl groups excluding tert-OH is 1. The summed E-state index contributed by atoms with van der Waals surface area (Å²) in [7, 11) is 0. The third-order valence-electron chi connectivity index (χ3n) is 5.12. The van der Waals surface area contributed by atoms with E-state index in [1.807, 2.05) is 0 Å². The fourth-order valence-corrected chi connectivity index (χ4v) is 3.76. The summed E-state index contributed by atoms with van der Waals surface area (Å²) in [5.74, 6) is 1.91. The molecule has 1 amide bonds. The van der Waals surface area contributed by atoms with Crippen molar-refractivity contribution in [2.45, 2.75) is 64.2 Å². The van der Waals surface area contributed by atoms with Crippen LogP contribution in [-0.2, 0) is 4.79 Å². The van der Waals surface area contributed by atoms with Crippen LogP contribution >= 0.6 is 0 Å². The minimum absolute atomic E-state index is 0.217. The van der Waals surface area contributed by atoms with E-state index in [1.54, 1.807) is 0 Å². The predicted octanol–water partition coefficient (Wildman–Crippen LogP) is 2.87. The molecule has 2 atom stereocenters. The molecule has 0 aromatic carbocycles. The lowest BCUT2D eigenvalue weighted by Gasteiger charge is -2.30. The third kappa shape index (κ3) is 4.79. The summed E-state index contributed by atoms with van der Waals surface area (Å²) in [4.78, 5) is 11.9. The van der Waals surface area contributed by atoms with Crippen LogP contribution in [0.5, 0.6) is 0 Å². The molecule has 110 valence electrons. The van der Waals surface area contributed by atoms with Crippen LogP contribution in [-0.4, -0.2) is 24.2 Å². The van der Waals surface area contributed by atoms with Crippen molar-refractivity contribution < 1.29 is 9.90 Å². The molecule has 2 aliphatic rings. The third-order valence-corrected chi connectivity index (χ3v) is 5.12. The van der Waals surface area contributed by atoms with Crippen LogP contribution in [0.2, 0.25) is 0 Å². The summed E-state index contributed by atoms with van der Waals surface area (Å²) < 4.78 is 0. The Bertz CT molecular complexity index is 274. The Hall–Kier alpha value is -0.570. The Morgan fingerprint density at radius 1 is 1.00 bits per heavy atom. The minimum atomic E-state index is 0.217. The number of hydrogen-bond donors (Lipinski definition) is 2. The van der Waals surface area contributed by atoms with Crippen LogP contribution in [0.15, 0.2) is 0 Å². The Kier molecular flexibility index (Phi) is 6.15. The highest BCUT2D eigenvalue weighted by Gasteiger charge is 2.24. The van der Waals surface area contributed by atoms with Crippen molar-refractivity contribution in [3.63, 3.8) is 0 Å². The molecule has 0 aromatic rings. The molecule has 3 nitrogen and oxygen atoms in total. The Morgan fingerprint density at radius 2 is 1.63 bits per heavy atom. The average Bonchev–Trinajstić information content (AvgIpc) is 2.96. The zero-order valence-electron chi connectivity index (χ0n) is 12.1. The Balaban J connectivity index is 1.61. The zero-order chi connectivity index (χ0) is 13.5. The predicted molar refractivity (Wildman–Crippen MR) is 76.7 cm³/mol. The van der Waals surface area contributed by atoms with Crippen molar-refractivity contribution in [3.8, 4) is 0 Å². The molecule has 0 aliphatic heterocycles. The smallest absolute Gasteiger partial charge is 0.220 e. The second-order valence-corrected chi connectivity index (χ2v) is 6.48. The van der Waals surface area contributed by atoms with E-state index in [2.05, 4.69) is 5.32 Å². The van der Waals surface area contributed by atoms with Crippen molar-refractivity contribution >= 4 is 5.91 Å². The van der Waals surface area contributed by atoms with Gasteiger partial charge in [-0.25, -0.2) is 0 Å².